The van der Waals surface area contributed by atoms with Gasteiger partial charge in [0.2, 0.25) is 0 Å². The highest BCUT2D eigenvalue weighted by molar-refractivity contribution is 7.26. The average molecular weight is 272 g/mol. The van der Waals surface area contributed by atoms with E-state index in [9.17, 15) is 4.57 Å². The molecule has 0 aliphatic heterocycles. The summed E-state index contributed by atoms with van der Waals surface area (Å²) in [5.74, 6) is 0. The highest BCUT2D eigenvalue weighted by Gasteiger charge is 2.25. The molecule has 0 aromatic rings. The lowest BCUT2D eigenvalue weighted by molar-refractivity contribution is 0.446. The molecule has 1 nitrogen and oxygen atoms in total. The number of rotatable bonds is 13. The third-order valence-electron chi connectivity index (χ3n) is 4.26. The Hall–Kier alpha value is 0.100. The van der Waals surface area contributed by atoms with Crippen LogP contribution >= 0.6 is 8.46 Å². The van der Waals surface area contributed by atoms with Gasteiger partial charge in [-0.3, -0.25) is 4.57 Å². The van der Waals surface area contributed by atoms with Crippen LogP contribution < -0.4 is 0 Å². The second kappa shape index (κ2) is 12.2. The maximum atomic E-state index is 11.3. The minimum atomic E-state index is 0.0845. The smallest absolute Gasteiger partial charge is 0.162 e. The van der Waals surface area contributed by atoms with Gasteiger partial charge in [-0.05, 0) is 19.3 Å². The van der Waals surface area contributed by atoms with E-state index < -0.39 is 0 Å². The second-order valence-corrected chi connectivity index (χ2v) is 6.73. The molecule has 2 heteroatoms. The number of hydrogen-bond acceptors (Lipinski definition) is 1. The van der Waals surface area contributed by atoms with Crippen LogP contribution in [0.25, 0.3) is 0 Å². The Bertz CT molecular complexity index is 188. The molecular formula is C16H33OP. The minimum Gasteiger partial charge on any atom is -0.274 e. The molecule has 18 heavy (non-hydrogen) atoms. The zero-order valence-electron chi connectivity index (χ0n) is 12.8. The molecule has 0 radical (unpaired) electrons. The normalized spacial score (nSPS) is 12.2. The second-order valence-electron chi connectivity index (χ2n) is 5.60. The molecule has 0 saturated carbocycles. The van der Waals surface area contributed by atoms with Crippen LogP contribution in [0.4, 0.5) is 0 Å². The predicted octanol–water partition coefficient (Wildman–Crippen LogP) is 6.76. The molecule has 0 aliphatic carbocycles. The van der Waals surface area contributed by atoms with Crippen LogP contribution in [0.3, 0.4) is 0 Å². The van der Waals surface area contributed by atoms with E-state index in [1.165, 1.54) is 57.8 Å². The van der Waals surface area contributed by atoms with E-state index in [-0.39, 0.29) is 5.16 Å². The monoisotopic (exact) mass is 272 g/mol. The van der Waals surface area contributed by atoms with Crippen molar-refractivity contribution in [3.63, 3.8) is 0 Å². The van der Waals surface area contributed by atoms with E-state index in [1.54, 1.807) is 0 Å². The summed E-state index contributed by atoms with van der Waals surface area (Å²) < 4.78 is 11.3. The van der Waals surface area contributed by atoms with Crippen LogP contribution in [0.5, 0.6) is 0 Å². The maximum Gasteiger partial charge on any atom is 0.162 e. The van der Waals surface area contributed by atoms with E-state index in [1.807, 2.05) is 0 Å². The molecule has 0 amide bonds. The Labute approximate surface area is 116 Å². The largest absolute Gasteiger partial charge is 0.274 e. The van der Waals surface area contributed by atoms with Crippen molar-refractivity contribution >= 4 is 8.46 Å². The van der Waals surface area contributed by atoms with Gasteiger partial charge >= 0.3 is 0 Å². The standard InChI is InChI=1S/C16H33OP/c1-4-7-8-9-10-11-12-13-14-15-16(5-2,6-3)18-17/h4-15H2,1-3H3. The highest BCUT2D eigenvalue weighted by Crippen LogP contribution is 2.36. The van der Waals surface area contributed by atoms with Crippen molar-refractivity contribution in [2.24, 2.45) is 0 Å². The van der Waals surface area contributed by atoms with Gasteiger partial charge in [-0.1, -0.05) is 78.6 Å². The van der Waals surface area contributed by atoms with Gasteiger partial charge in [0.1, 0.15) is 0 Å². The summed E-state index contributed by atoms with van der Waals surface area (Å²) in [7, 11) is 0.363. The summed E-state index contributed by atoms with van der Waals surface area (Å²) in [6.07, 6.45) is 15.6. The van der Waals surface area contributed by atoms with Crippen LogP contribution in [0, 0.1) is 0 Å². The first-order chi connectivity index (χ1) is 8.74. The van der Waals surface area contributed by atoms with Crippen LogP contribution in [0.1, 0.15) is 97.8 Å². The van der Waals surface area contributed by atoms with E-state index in [0.717, 1.165) is 19.3 Å². The topological polar surface area (TPSA) is 17.1 Å². The summed E-state index contributed by atoms with van der Waals surface area (Å²) in [6, 6.07) is 0. The van der Waals surface area contributed by atoms with Crippen molar-refractivity contribution in [1.29, 1.82) is 0 Å². The molecule has 0 aromatic heterocycles. The van der Waals surface area contributed by atoms with Crippen molar-refractivity contribution in [3.05, 3.63) is 0 Å². The Morgan fingerprint density at radius 2 is 1.17 bits per heavy atom. The quantitative estimate of drug-likeness (QED) is 0.267. The molecule has 0 unspecified atom stereocenters. The first kappa shape index (κ1) is 18.1. The lowest BCUT2D eigenvalue weighted by atomic mass is 9.94. The zero-order chi connectivity index (χ0) is 13.7. The first-order valence-corrected chi connectivity index (χ1v) is 8.90. The summed E-state index contributed by atoms with van der Waals surface area (Å²) in [6.45, 7) is 6.60. The molecule has 0 N–H and O–H groups in total. The fraction of sp³-hybridized carbons (Fsp3) is 1.00. The molecular weight excluding hydrogens is 239 g/mol. The Morgan fingerprint density at radius 1 is 0.722 bits per heavy atom. The van der Waals surface area contributed by atoms with Crippen molar-refractivity contribution in [3.8, 4) is 0 Å². The Morgan fingerprint density at radius 3 is 1.56 bits per heavy atom. The van der Waals surface area contributed by atoms with Gasteiger partial charge in [0, 0.05) is 0 Å². The number of hydrogen-bond donors (Lipinski definition) is 0. The van der Waals surface area contributed by atoms with Crippen molar-refractivity contribution in [2.45, 2.75) is 103 Å². The third kappa shape index (κ3) is 8.25. The third-order valence-corrected chi connectivity index (χ3v) is 5.50. The van der Waals surface area contributed by atoms with Gasteiger partial charge in [-0.25, -0.2) is 0 Å². The highest BCUT2D eigenvalue weighted by atomic mass is 31.1. The van der Waals surface area contributed by atoms with Gasteiger partial charge in [0.25, 0.3) is 0 Å². The van der Waals surface area contributed by atoms with E-state index >= 15 is 0 Å². The molecule has 0 heterocycles. The van der Waals surface area contributed by atoms with Crippen molar-refractivity contribution < 1.29 is 4.57 Å². The van der Waals surface area contributed by atoms with Gasteiger partial charge in [-0.15, -0.1) is 0 Å². The SMILES string of the molecule is CCCCCCCCCCCC(CC)(CC)P=O. The Kier molecular flexibility index (Phi) is 12.2. The van der Waals surface area contributed by atoms with Gasteiger partial charge in [-0.2, -0.15) is 0 Å². The number of unbranched alkanes of at least 4 members (excludes halogenated alkanes) is 8. The Balaban J connectivity index is 3.41. The zero-order valence-corrected chi connectivity index (χ0v) is 13.7. The maximum absolute atomic E-state index is 11.3. The molecule has 108 valence electrons. The summed E-state index contributed by atoms with van der Waals surface area (Å²) in [5, 5.41) is 0.0845. The first-order valence-electron chi connectivity index (χ1n) is 8.09. The van der Waals surface area contributed by atoms with Crippen LogP contribution in [-0.2, 0) is 4.57 Å². The van der Waals surface area contributed by atoms with Gasteiger partial charge in [0.05, 0.1) is 5.16 Å². The van der Waals surface area contributed by atoms with E-state index in [4.69, 9.17) is 0 Å². The van der Waals surface area contributed by atoms with E-state index in [0.29, 0.717) is 8.46 Å². The lowest BCUT2D eigenvalue weighted by Gasteiger charge is -2.23. The summed E-state index contributed by atoms with van der Waals surface area (Å²) in [5.41, 5.74) is 0. The molecule has 0 fully saturated rings. The van der Waals surface area contributed by atoms with Gasteiger partial charge in [0.15, 0.2) is 8.46 Å². The van der Waals surface area contributed by atoms with Crippen molar-refractivity contribution in [1.82, 2.24) is 0 Å². The fourth-order valence-corrected chi connectivity index (χ4v) is 3.05. The van der Waals surface area contributed by atoms with Crippen molar-refractivity contribution in [2.75, 3.05) is 0 Å². The fourth-order valence-electron chi connectivity index (χ4n) is 2.54. The molecule has 0 atom stereocenters. The molecule has 0 bridgehead atoms. The summed E-state index contributed by atoms with van der Waals surface area (Å²) in [4.78, 5) is 0. The molecule has 0 aliphatic rings. The molecule has 0 spiro atoms. The lowest BCUT2D eigenvalue weighted by Crippen LogP contribution is -2.18. The van der Waals surface area contributed by atoms with E-state index in [2.05, 4.69) is 20.8 Å². The molecule has 0 aromatic carbocycles. The molecule has 0 rings (SSSR count). The van der Waals surface area contributed by atoms with Gasteiger partial charge < -0.3 is 0 Å². The minimum absolute atomic E-state index is 0.0845. The average Bonchev–Trinajstić information content (AvgIpc) is 2.42. The van der Waals surface area contributed by atoms with Crippen LogP contribution in [0.2, 0.25) is 0 Å². The molecule has 0 saturated heterocycles. The predicted molar refractivity (Wildman–Crippen MR) is 82.8 cm³/mol. The van der Waals surface area contributed by atoms with Crippen LogP contribution in [-0.4, -0.2) is 5.16 Å². The van der Waals surface area contributed by atoms with Crippen LogP contribution in [0.15, 0.2) is 0 Å². The summed E-state index contributed by atoms with van der Waals surface area (Å²) >= 11 is 0.